The summed E-state index contributed by atoms with van der Waals surface area (Å²) in [7, 11) is 0. The predicted molar refractivity (Wildman–Crippen MR) is 63.8 cm³/mol. The van der Waals surface area contributed by atoms with Crippen LogP contribution in [0.3, 0.4) is 0 Å². The van der Waals surface area contributed by atoms with E-state index in [0.29, 0.717) is 12.0 Å². The Bertz CT molecular complexity index is 281. The molecule has 0 aromatic heterocycles. The Labute approximate surface area is 92.3 Å². The molecule has 0 aliphatic rings. The minimum absolute atomic E-state index is 0.244. The maximum Gasteiger partial charge on any atom is 0.0468 e. The summed E-state index contributed by atoms with van der Waals surface area (Å²) in [6, 6.07) is 8.90. The van der Waals surface area contributed by atoms with Gasteiger partial charge in [-0.15, -0.1) is 0 Å². The molecule has 2 unspecified atom stereocenters. The Morgan fingerprint density at radius 1 is 1.20 bits per heavy atom. The van der Waals surface area contributed by atoms with Crippen LogP contribution in [0.4, 0.5) is 0 Å². The van der Waals surface area contributed by atoms with Crippen molar-refractivity contribution in [2.45, 2.75) is 26.8 Å². The second-order valence-electron chi connectivity index (χ2n) is 4.33. The Kier molecular flexibility index (Phi) is 4.79. The second-order valence-corrected chi connectivity index (χ2v) is 4.33. The smallest absolute Gasteiger partial charge is 0.0468 e. The number of hydrogen-bond donors (Lipinski definition) is 2. The molecule has 2 atom stereocenters. The highest BCUT2D eigenvalue weighted by atomic mass is 16.3. The summed E-state index contributed by atoms with van der Waals surface area (Å²) < 4.78 is 0. The molecular formula is C13H21NO. The van der Waals surface area contributed by atoms with Crippen LogP contribution in [0.1, 0.15) is 31.0 Å². The maximum atomic E-state index is 8.91. The Morgan fingerprint density at radius 3 is 2.33 bits per heavy atom. The number of aliphatic hydroxyl groups excluding tert-OH is 1. The minimum atomic E-state index is 0.244. The summed E-state index contributed by atoms with van der Waals surface area (Å²) >= 11 is 0. The number of rotatable bonds is 5. The summed E-state index contributed by atoms with van der Waals surface area (Å²) in [6.07, 6.45) is 0. The van der Waals surface area contributed by atoms with Gasteiger partial charge in [0.2, 0.25) is 0 Å². The first-order valence-corrected chi connectivity index (χ1v) is 5.54. The minimum Gasteiger partial charge on any atom is -0.396 e. The summed E-state index contributed by atoms with van der Waals surface area (Å²) in [5.74, 6) is 0.317. The average molecular weight is 207 g/mol. The molecule has 2 heteroatoms. The van der Waals surface area contributed by atoms with E-state index in [1.54, 1.807) is 0 Å². The van der Waals surface area contributed by atoms with Gasteiger partial charge in [-0.1, -0.05) is 36.8 Å². The highest BCUT2D eigenvalue weighted by molar-refractivity contribution is 5.23. The van der Waals surface area contributed by atoms with Crippen molar-refractivity contribution in [1.82, 2.24) is 5.32 Å². The number of benzene rings is 1. The van der Waals surface area contributed by atoms with E-state index in [4.69, 9.17) is 5.11 Å². The molecule has 84 valence electrons. The van der Waals surface area contributed by atoms with Crippen molar-refractivity contribution in [1.29, 1.82) is 0 Å². The molecule has 15 heavy (non-hydrogen) atoms. The Hall–Kier alpha value is -0.860. The van der Waals surface area contributed by atoms with Crippen LogP contribution in [0, 0.1) is 12.8 Å². The summed E-state index contributed by atoms with van der Waals surface area (Å²) in [6.45, 7) is 7.37. The Balaban J connectivity index is 2.46. The van der Waals surface area contributed by atoms with Gasteiger partial charge in [-0.25, -0.2) is 0 Å². The largest absolute Gasteiger partial charge is 0.396 e. The van der Waals surface area contributed by atoms with Gasteiger partial charge in [0.05, 0.1) is 0 Å². The Morgan fingerprint density at radius 2 is 1.80 bits per heavy atom. The van der Waals surface area contributed by atoms with Gasteiger partial charge in [-0.2, -0.15) is 0 Å². The molecule has 0 saturated heterocycles. The van der Waals surface area contributed by atoms with Crippen molar-refractivity contribution in [2.75, 3.05) is 13.2 Å². The van der Waals surface area contributed by atoms with Gasteiger partial charge < -0.3 is 10.4 Å². The SMILES string of the molecule is Cc1ccc(C(C)NCC(C)CO)cc1. The van der Waals surface area contributed by atoms with Gasteiger partial charge in [0.1, 0.15) is 0 Å². The van der Waals surface area contributed by atoms with Gasteiger partial charge in [-0.05, 0) is 25.3 Å². The van der Waals surface area contributed by atoms with Gasteiger partial charge in [0.25, 0.3) is 0 Å². The van der Waals surface area contributed by atoms with E-state index >= 15 is 0 Å². The molecule has 0 fully saturated rings. The number of aliphatic hydroxyl groups is 1. The van der Waals surface area contributed by atoms with Crippen LogP contribution in [-0.2, 0) is 0 Å². The maximum absolute atomic E-state index is 8.91. The van der Waals surface area contributed by atoms with E-state index in [0.717, 1.165) is 6.54 Å². The molecule has 1 aromatic rings. The van der Waals surface area contributed by atoms with Crippen LogP contribution in [0.25, 0.3) is 0 Å². The fraction of sp³-hybridized carbons (Fsp3) is 0.538. The number of hydrogen-bond acceptors (Lipinski definition) is 2. The molecular weight excluding hydrogens is 186 g/mol. The molecule has 0 spiro atoms. The van der Waals surface area contributed by atoms with Gasteiger partial charge in [0.15, 0.2) is 0 Å². The van der Waals surface area contributed by atoms with E-state index < -0.39 is 0 Å². The molecule has 0 aliphatic carbocycles. The lowest BCUT2D eigenvalue weighted by molar-refractivity contribution is 0.231. The standard InChI is InChI=1S/C13H21NO/c1-10-4-6-13(7-5-10)12(3)14-8-11(2)9-15/h4-7,11-12,14-15H,8-9H2,1-3H3. The summed E-state index contributed by atoms with van der Waals surface area (Å²) in [5.41, 5.74) is 2.58. The average Bonchev–Trinajstić information content (AvgIpc) is 2.26. The quantitative estimate of drug-likeness (QED) is 0.776. The topological polar surface area (TPSA) is 32.3 Å². The van der Waals surface area contributed by atoms with Crippen molar-refractivity contribution >= 4 is 0 Å². The van der Waals surface area contributed by atoms with Gasteiger partial charge in [-0.3, -0.25) is 0 Å². The molecule has 2 N–H and O–H groups in total. The predicted octanol–water partition coefficient (Wildman–Crippen LogP) is 2.27. The van der Waals surface area contributed by atoms with Crippen LogP contribution in [0.5, 0.6) is 0 Å². The molecule has 0 aliphatic heterocycles. The third kappa shape index (κ3) is 4.02. The molecule has 0 bridgehead atoms. The van der Waals surface area contributed by atoms with Crippen LogP contribution < -0.4 is 5.32 Å². The summed E-state index contributed by atoms with van der Waals surface area (Å²) in [5, 5.41) is 12.3. The first-order chi connectivity index (χ1) is 7.13. The van der Waals surface area contributed by atoms with Crippen molar-refractivity contribution < 1.29 is 5.11 Å². The van der Waals surface area contributed by atoms with Gasteiger partial charge in [0, 0.05) is 19.2 Å². The zero-order chi connectivity index (χ0) is 11.3. The van der Waals surface area contributed by atoms with E-state index in [9.17, 15) is 0 Å². The van der Waals surface area contributed by atoms with Gasteiger partial charge >= 0.3 is 0 Å². The molecule has 0 radical (unpaired) electrons. The molecule has 1 aromatic carbocycles. The van der Waals surface area contributed by atoms with E-state index in [2.05, 4.69) is 43.4 Å². The highest BCUT2D eigenvalue weighted by Crippen LogP contribution is 2.13. The molecule has 0 amide bonds. The first kappa shape index (κ1) is 12.2. The molecule has 0 saturated carbocycles. The van der Waals surface area contributed by atoms with Crippen molar-refractivity contribution in [2.24, 2.45) is 5.92 Å². The third-order valence-electron chi connectivity index (χ3n) is 2.66. The summed E-state index contributed by atoms with van der Waals surface area (Å²) in [4.78, 5) is 0. The van der Waals surface area contributed by atoms with E-state index in [1.807, 2.05) is 6.92 Å². The first-order valence-electron chi connectivity index (χ1n) is 5.54. The van der Waals surface area contributed by atoms with E-state index in [-0.39, 0.29) is 6.61 Å². The monoisotopic (exact) mass is 207 g/mol. The lowest BCUT2D eigenvalue weighted by atomic mass is 10.1. The second kappa shape index (κ2) is 5.89. The zero-order valence-corrected chi connectivity index (χ0v) is 9.83. The lowest BCUT2D eigenvalue weighted by Gasteiger charge is -2.17. The highest BCUT2D eigenvalue weighted by Gasteiger charge is 2.06. The third-order valence-corrected chi connectivity index (χ3v) is 2.66. The van der Waals surface area contributed by atoms with Crippen molar-refractivity contribution in [3.8, 4) is 0 Å². The van der Waals surface area contributed by atoms with Crippen LogP contribution in [0.2, 0.25) is 0 Å². The van der Waals surface area contributed by atoms with Crippen molar-refractivity contribution in [3.63, 3.8) is 0 Å². The number of aryl methyl sites for hydroxylation is 1. The lowest BCUT2D eigenvalue weighted by Crippen LogP contribution is -2.26. The fourth-order valence-electron chi connectivity index (χ4n) is 1.42. The fourth-order valence-corrected chi connectivity index (χ4v) is 1.42. The van der Waals surface area contributed by atoms with Crippen LogP contribution >= 0.6 is 0 Å². The van der Waals surface area contributed by atoms with Crippen LogP contribution in [-0.4, -0.2) is 18.3 Å². The zero-order valence-electron chi connectivity index (χ0n) is 9.83. The molecule has 2 nitrogen and oxygen atoms in total. The number of nitrogens with one attached hydrogen (secondary N) is 1. The van der Waals surface area contributed by atoms with E-state index in [1.165, 1.54) is 11.1 Å². The van der Waals surface area contributed by atoms with Crippen LogP contribution in [0.15, 0.2) is 24.3 Å². The normalized spacial score (nSPS) is 14.9. The molecule has 1 rings (SSSR count). The van der Waals surface area contributed by atoms with Crippen molar-refractivity contribution in [3.05, 3.63) is 35.4 Å². The molecule has 0 heterocycles.